The minimum Gasteiger partial charge on any atom is -0.441 e. The zero-order valence-electron chi connectivity index (χ0n) is 18.3. The Morgan fingerprint density at radius 3 is 2.42 bits per heavy atom. The lowest BCUT2D eigenvalue weighted by atomic mass is 10.1. The summed E-state index contributed by atoms with van der Waals surface area (Å²) in [6.07, 6.45) is 1.33. The van der Waals surface area contributed by atoms with Gasteiger partial charge in [0, 0.05) is 32.4 Å². The number of piperazine rings is 1. The van der Waals surface area contributed by atoms with Gasteiger partial charge in [0.1, 0.15) is 17.2 Å². The molecule has 1 aromatic heterocycles. The molecule has 4 rings (SSSR count). The van der Waals surface area contributed by atoms with Crippen LogP contribution in [0.2, 0.25) is 0 Å². The van der Waals surface area contributed by atoms with Gasteiger partial charge in [-0.25, -0.2) is 14.2 Å². The minimum absolute atomic E-state index is 0.00802. The lowest BCUT2D eigenvalue weighted by molar-refractivity contribution is 0.0741. The Kier molecular flexibility index (Phi) is 5.33. The van der Waals surface area contributed by atoms with E-state index in [4.69, 9.17) is 4.74 Å². The van der Waals surface area contributed by atoms with Gasteiger partial charge in [0.05, 0.1) is 17.8 Å². The molecule has 3 heterocycles. The zero-order valence-corrected chi connectivity index (χ0v) is 18.3. The SMILES string of the molecule is Cc1cnc(N2CCN(C(=O)c3ccc(N4CC(C)(C)OC4=O)cc3F)CC2)c(C)c1. The van der Waals surface area contributed by atoms with Crippen LogP contribution >= 0.6 is 0 Å². The summed E-state index contributed by atoms with van der Waals surface area (Å²) in [6.45, 7) is 10.2. The average molecular weight is 426 g/mol. The third-order valence-electron chi connectivity index (χ3n) is 5.67. The Labute approximate surface area is 181 Å². The molecule has 0 N–H and O–H groups in total. The standard InChI is InChI=1S/C23H27FN4O3/c1-15-11-16(2)20(25-13-15)26-7-9-27(10-8-26)21(29)18-6-5-17(12-19(18)24)28-14-23(3,4)31-22(28)30/h5-6,11-13H,7-10,14H2,1-4H3. The van der Waals surface area contributed by atoms with Crippen molar-refractivity contribution in [1.29, 1.82) is 0 Å². The lowest BCUT2D eigenvalue weighted by Gasteiger charge is -2.36. The third kappa shape index (κ3) is 4.19. The summed E-state index contributed by atoms with van der Waals surface area (Å²) < 4.78 is 20.1. The molecule has 2 aromatic rings. The number of aromatic nitrogens is 1. The van der Waals surface area contributed by atoms with Crippen molar-refractivity contribution in [3.05, 3.63) is 53.0 Å². The van der Waals surface area contributed by atoms with E-state index in [9.17, 15) is 14.0 Å². The van der Waals surface area contributed by atoms with Crippen molar-refractivity contribution in [3.8, 4) is 0 Å². The number of benzene rings is 1. The molecule has 0 saturated carbocycles. The number of rotatable bonds is 3. The second-order valence-corrected chi connectivity index (χ2v) is 8.81. The molecule has 0 spiro atoms. The Morgan fingerprint density at radius 1 is 1.13 bits per heavy atom. The summed E-state index contributed by atoms with van der Waals surface area (Å²) in [7, 11) is 0. The largest absolute Gasteiger partial charge is 0.441 e. The summed E-state index contributed by atoms with van der Waals surface area (Å²) in [5, 5.41) is 0. The number of carbonyl (C=O) groups is 2. The quantitative estimate of drug-likeness (QED) is 0.751. The van der Waals surface area contributed by atoms with Crippen LogP contribution in [0.3, 0.4) is 0 Å². The van der Waals surface area contributed by atoms with Gasteiger partial charge in [0.2, 0.25) is 0 Å². The number of carbonyl (C=O) groups excluding carboxylic acids is 2. The van der Waals surface area contributed by atoms with Crippen molar-refractivity contribution in [2.24, 2.45) is 0 Å². The van der Waals surface area contributed by atoms with Crippen LogP contribution < -0.4 is 9.80 Å². The number of ether oxygens (including phenoxy) is 1. The van der Waals surface area contributed by atoms with Gasteiger partial charge >= 0.3 is 6.09 Å². The monoisotopic (exact) mass is 426 g/mol. The first kappa shape index (κ1) is 21.1. The summed E-state index contributed by atoms with van der Waals surface area (Å²) in [5.41, 5.74) is 1.97. The molecule has 0 radical (unpaired) electrons. The molecule has 31 heavy (non-hydrogen) atoms. The molecule has 0 atom stereocenters. The number of nitrogens with zero attached hydrogens (tertiary/aromatic N) is 4. The van der Waals surface area contributed by atoms with E-state index in [1.165, 1.54) is 17.0 Å². The van der Waals surface area contributed by atoms with Gasteiger partial charge in [-0.3, -0.25) is 9.69 Å². The normalized spacial score (nSPS) is 18.4. The van der Waals surface area contributed by atoms with Gasteiger partial charge in [-0.1, -0.05) is 6.07 Å². The van der Waals surface area contributed by atoms with Crippen LogP contribution in [0.15, 0.2) is 30.5 Å². The lowest BCUT2D eigenvalue weighted by Crippen LogP contribution is -2.49. The number of pyridine rings is 1. The van der Waals surface area contributed by atoms with E-state index >= 15 is 0 Å². The molecule has 8 heteroatoms. The molecule has 2 saturated heterocycles. The zero-order chi connectivity index (χ0) is 22.3. The molecule has 2 aliphatic rings. The van der Waals surface area contributed by atoms with Crippen molar-refractivity contribution in [2.75, 3.05) is 42.5 Å². The van der Waals surface area contributed by atoms with Crippen LogP contribution in [-0.2, 0) is 4.74 Å². The summed E-state index contributed by atoms with van der Waals surface area (Å²) >= 11 is 0. The van der Waals surface area contributed by atoms with Gasteiger partial charge in [0.25, 0.3) is 5.91 Å². The molecule has 0 bridgehead atoms. The first-order valence-electron chi connectivity index (χ1n) is 10.4. The molecule has 1 aromatic carbocycles. The molecule has 2 aliphatic heterocycles. The molecule has 0 aliphatic carbocycles. The number of hydrogen-bond acceptors (Lipinski definition) is 5. The predicted octanol–water partition coefficient (Wildman–Crippen LogP) is 3.54. The maximum atomic E-state index is 14.8. The Morgan fingerprint density at radius 2 is 1.84 bits per heavy atom. The van der Waals surface area contributed by atoms with Crippen LogP contribution in [-0.4, -0.2) is 60.2 Å². The fourth-order valence-electron chi connectivity index (χ4n) is 4.14. The highest BCUT2D eigenvalue weighted by atomic mass is 19.1. The fraction of sp³-hybridized carbons (Fsp3) is 0.435. The van der Waals surface area contributed by atoms with Crippen LogP contribution in [0.25, 0.3) is 0 Å². The average Bonchev–Trinajstić information content (AvgIpc) is 3.00. The highest BCUT2D eigenvalue weighted by molar-refractivity contribution is 5.96. The molecular weight excluding hydrogens is 399 g/mol. The van der Waals surface area contributed by atoms with Gasteiger partial charge in [-0.15, -0.1) is 0 Å². The van der Waals surface area contributed by atoms with E-state index in [2.05, 4.69) is 16.0 Å². The summed E-state index contributed by atoms with van der Waals surface area (Å²) in [5.74, 6) is -0.0613. The van der Waals surface area contributed by atoms with E-state index in [-0.39, 0.29) is 11.5 Å². The number of amides is 2. The number of hydrogen-bond donors (Lipinski definition) is 0. The summed E-state index contributed by atoms with van der Waals surface area (Å²) in [4.78, 5) is 34.7. The fourth-order valence-corrected chi connectivity index (χ4v) is 4.14. The predicted molar refractivity (Wildman–Crippen MR) is 116 cm³/mol. The maximum Gasteiger partial charge on any atom is 0.415 e. The molecule has 2 amide bonds. The molecule has 7 nitrogen and oxygen atoms in total. The van der Waals surface area contributed by atoms with E-state index < -0.39 is 17.5 Å². The molecule has 2 fully saturated rings. The van der Waals surface area contributed by atoms with Crippen LogP contribution in [0.5, 0.6) is 0 Å². The van der Waals surface area contributed by atoms with Crippen molar-refractivity contribution >= 4 is 23.5 Å². The van der Waals surface area contributed by atoms with Crippen molar-refractivity contribution < 1.29 is 18.7 Å². The highest BCUT2D eigenvalue weighted by Gasteiger charge is 2.38. The van der Waals surface area contributed by atoms with Gasteiger partial charge in [-0.2, -0.15) is 0 Å². The van der Waals surface area contributed by atoms with Crippen molar-refractivity contribution in [2.45, 2.75) is 33.3 Å². The van der Waals surface area contributed by atoms with E-state index in [1.54, 1.807) is 24.8 Å². The van der Waals surface area contributed by atoms with Crippen LogP contribution in [0, 0.1) is 19.7 Å². The first-order chi connectivity index (χ1) is 14.6. The maximum absolute atomic E-state index is 14.8. The number of halogens is 1. The molecule has 0 unspecified atom stereocenters. The van der Waals surface area contributed by atoms with Crippen molar-refractivity contribution in [3.63, 3.8) is 0 Å². The van der Waals surface area contributed by atoms with Gasteiger partial charge < -0.3 is 14.5 Å². The second kappa shape index (κ2) is 7.83. The number of aryl methyl sites for hydroxylation is 2. The Hall–Kier alpha value is -3.16. The van der Waals surface area contributed by atoms with Gasteiger partial charge in [0.15, 0.2) is 0 Å². The highest BCUT2D eigenvalue weighted by Crippen LogP contribution is 2.29. The van der Waals surface area contributed by atoms with Crippen molar-refractivity contribution in [1.82, 2.24) is 9.88 Å². The number of cyclic esters (lactones) is 1. The van der Waals surface area contributed by atoms with E-state index in [1.807, 2.05) is 20.0 Å². The second-order valence-electron chi connectivity index (χ2n) is 8.81. The van der Waals surface area contributed by atoms with E-state index in [0.29, 0.717) is 38.4 Å². The number of anilines is 2. The Bertz CT molecular complexity index is 1030. The summed E-state index contributed by atoms with van der Waals surface area (Å²) in [6, 6.07) is 6.36. The minimum atomic E-state index is -0.640. The van der Waals surface area contributed by atoms with E-state index in [0.717, 1.165) is 16.9 Å². The van der Waals surface area contributed by atoms with Crippen LogP contribution in [0.1, 0.15) is 35.3 Å². The topological polar surface area (TPSA) is 66.0 Å². The van der Waals surface area contributed by atoms with Gasteiger partial charge in [-0.05, 0) is 57.0 Å². The smallest absolute Gasteiger partial charge is 0.415 e. The third-order valence-corrected chi connectivity index (χ3v) is 5.67. The first-order valence-corrected chi connectivity index (χ1v) is 10.4. The van der Waals surface area contributed by atoms with Crippen LogP contribution in [0.4, 0.5) is 20.7 Å². The molecule has 164 valence electrons. The Balaban J connectivity index is 1.44. The molecular formula is C23H27FN4O3.